The molecule has 7 heteroatoms. The maximum absolute atomic E-state index is 11.2. The molecule has 0 aliphatic rings. The molecule has 1 rings (SSSR count). The fourth-order valence-corrected chi connectivity index (χ4v) is 2.50. The van der Waals surface area contributed by atoms with E-state index in [1.165, 1.54) is 0 Å². The summed E-state index contributed by atoms with van der Waals surface area (Å²) in [7, 11) is 0. The Kier molecular flexibility index (Phi) is 5.25. The number of hydrogen-bond donors (Lipinski definition) is 2. The quantitative estimate of drug-likeness (QED) is 0.631. The molecule has 0 saturated heterocycles. The van der Waals surface area contributed by atoms with Gasteiger partial charge in [0.25, 0.3) is 5.91 Å². The third kappa shape index (κ3) is 4.24. The molecular formula is C10H9Br2N3O2. The van der Waals surface area contributed by atoms with Crippen molar-refractivity contribution in [1.82, 2.24) is 5.32 Å². The fourth-order valence-electron chi connectivity index (χ4n) is 1.04. The number of nitrogens with zero attached hydrogens (tertiary/aromatic N) is 1. The first kappa shape index (κ1) is 13.8. The van der Waals surface area contributed by atoms with E-state index in [-0.39, 0.29) is 19.1 Å². The summed E-state index contributed by atoms with van der Waals surface area (Å²) in [6, 6.07) is 5.15. The van der Waals surface area contributed by atoms with Gasteiger partial charge in [0.15, 0.2) is 6.61 Å². The van der Waals surface area contributed by atoms with E-state index in [0.717, 1.165) is 0 Å². The number of amides is 1. The minimum absolute atomic E-state index is 0.0354. The zero-order valence-electron chi connectivity index (χ0n) is 8.67. The molecule has 0 unspecified atom stereocenters. The summed E-state index contributed by atoms with van der Waals surface area (Å²) < 4.78 is 6.61. The summed E-state index contributed by atoms with van der Waals surface area (Å²) in [5.41, 5.74) is 6.19. The standard InChI is InChI=1S/C10H9Br2N3O2/c11-7-3-6(14)4-8(12)10(7)17-5-9(16)15-2-1-13/h3-4H,2,5,14H2,(H,15,16). The Bertz CT molecular complexity index is 448. The SMILES string of the molecule is N#CCNC(=O)COc1c(Br)cc(N)cc1Br. The number of nitrogens with two attached hydrogens (primary N) is 1. The number of hydrogen-bond acceptors (Lipinski definition) is 4. The zero-order valence-corrected chi connectivity index (χ0v) is 11.8. The zero-order chi connectivity index (χ0) is 12.8. The molecule has 0 heterocycles. The Labute approximate surface area is 115 Å². The number of nitrogens with one attached hydrogen (secondary N) is 1. The smallest absolute Gasteiger partial charge is 0.258 e. The molecule has 1 amide bonds. The number of carbonyl (C=O) groups excluding carboxylic acids is 1. The second-order valence-corrected chi connectivity index (χ2v) is 4.75. The Morgan fingerprint density at radius 2 is 2.06 bits per heavy atom. The highest BCUT2D eigenvalue weighted by molar-refractivity contribution is 9.11. The van der Waals surface area contributed by atoms with E-state index in [1.54, 1.807) is 18.2 Å². The molecule has 3 N–H and O–H groups in total. The van der Waals surface area contributed by atoms with Crippen LogP contribution in [0.1, 0.15) is 0 Å². The van der Waals surface area contributed by atoms with Crippen LogP contribution in [0.4, 0.5) is 5.69 Å². The molecule has 0 spiro atoms. The summed E-state index contributed by atoms with van der Waals surface area (Å²) in [5.74, 6) is 0.133. The summed E-state index contributed by atoms with van der Waals surface area (Å²) in [6.07, 6.45) is 0. The molecule has 0 saturated carbocycles. The number of halogens is 2. The van der Waals surface area contributed by atoms with Crippen LogP contribution in [0.15, 0.2) is 21.1 Å². The van der Waals surface area contributed by atoms with Gasteiger partial charge in [-0.05, 0) is 44.0 Å². The van der Waals surface area contributed by atoms with Crippen molar-refractivity contribution in [2.24, 2.45) is 0 Å². The molecule has 0 fully saturated rings. The molecule has 90 valence electrons. The number of anilines is 1. The molecule has 0 aliphatic carbocycles. The maximum Gasteiger partial charge on any atom is 0.258 e. The fraction of sp³-hybridized carbons (Fsp3) is 0.200. The average Bonchev–Trinajstić information content (AvgIpc) is 2.24. The van der Waals surface area contributed by atoms with Gasteiger partial charge in [0.1, 0.15) is 12.3 Å². The number of benzene rings is 1. The topological polar surface area (TPSA) is 88.1 Å². The van der Waals surface area contributed by atoms with Gasteiger partial charge in [0, 0.05) is 5.69 Å². The normalized spacial score (nSPS) is 9.47. The molecule has 1 aromatic rings. The van der Waals surface area contributed by atoms with Crippen LogP contribution in [-0.4, -0.2) is 19.1 Å². The minimum atomic E-state index is -0.359. The van der Waals surface area contributed by atoms with E-state index < -0.39 is 0 Å². The van der Waals surface area contributed by atoms with Crippen molar-refractivity contribution in [3.05, 3.63) is 21.1 Å². The van der Waals surface area contributed by atoms with Gasteiger partial charge in [0.05, 0.1) is 15.0 Å². The molecular weight excluding hydrogens is 354 g/mol. The Morgan fingerprint density at radius 3 is 2.59 bits per heavy atom. The maximum atomic E-state index is 11.2. The Hall–Kier alpha value is -1.26. The average molecular weight is 363 g/mol. The molecule has 0 bridgehead atoms. The van der Waals surface area contributed by atoms with Crippen molar-refractivity contribution in [3.8, 4) is 11.8 Å². The number of ether oxygens (including phenoxy) is 1. The van der Waals surface area contributed by atoms with Crippen molar-refractivity contribution in [3.63, 3.8) is 0 Å². The van der Waals surface area contributed by atoms with Gasteiger partial charge < -0.3 is 15.8 Å². The second-order valence-electron chi connectivity index (χ2n) is 3.04. The van der Waals surface area contributed by atoms with Gasteiger partial charge >= 0.3 is 0 Å². The first-order valence-electron chi connectivity index (χ1n) is 4.55. The van der Waals surface area contributed by atoms with Gasteiger partial charge in [-0.1, -0.05) is 0 Å². The number of carbonyl (C=O) groups is 1. The van der Waals surface area contributed by atoms with E-state index in [0.29, 0.717) is 20.4 Å². The van der Waals surface area contributed by atoms with Crippen LogP contribution in [0.5, 0.6) is 5.75 Å². The van der Waals surface area contributed by atoms with Crippen LogP contribution in [0.2, 0.25) is 0 Å². The molecule has 5 nitrogen and oxygen atoms in total. The molecule has 17 heavy (non-hydrogen) atoms. The molecule has 0 aliphatic heterocycles. The number of nitriles is 1. The first-order chi connectivity index (χ1) is 8.04. The van der Waals surface area contributed by atoms with Crippen LogP contribution >= 0.6 is 31.9 Å². The van der Waals surface area contributed by atoms with Gasteiger partial charge in [-0.2, -0.15) is 5.26 Å². The number of rotatable bonds is 4. The van der Waals surface area contributed by atoms with Gasteiger partial charge in [-0.15, -0.1) is 0 Å². The molecule has 0 aromatic heterocycles. The molecule has 0 radical (unpaired) electrons. The third-order valence-electron chi connectivity index (χ3n) is 1.73. The summed E-state index contributed by atoms with van der Waals surface area (Å²) >= 11 is 6.56. The number of nitrogen functional groups attached to an aromatic ring is 1. The third-order valence-corrected chi connectivity index (χ3v) is 2.91. The molecule has 1 aromatic carbocycles. The van der Waals surface area contributed by atoms with Crippen LogP contribution in [-0.2, 0) is 4.79 Å². The van der Waals surface area contributed by atoms with E-state index in [2.05, 4.69) is 37.2 Å². The lowest BCUT2D eigenvalue weighted by Gasteiger charge is -2.10. The summed E-state index contributed by atoms with van der Waals surface area (Å²) in [4.78, 5) is 11.2. The monoisotopic (exact) mass is 361 g/mol. The van der Waals surface area contributed by atoms with Crippen molar-refractivity contribution in [2.75, 3.05) is 18.9 Å². The van der Waals surface area contributed by atoms with Crippen molar-refractivity contribution in [2.45, 2.75) is 0 Å². The predicted molar refractivity (Wildman–Crippen MR) is 70.4 cm³/mol. The van der Waals surface area contributed by atoms with Crippen LogP contribution in [0, 0.1) is 11.3 Å². The first-order valence-corrected chi connectivity index (χ1v) is 6.14. The highest BCUT2D eigenvalue weighted by Gasteiger charge is 2.10. The predicted octanol–water partition coefficient (Wildman–Crippen LogP) is 1.81. The second kappa shape index (κ2) is 6.47. The highest BCUT2D eigenvalue weighted by atomic mass is 79.9. The van der Waals surface area contributed by atoms with E-state index in [4.69, 9.17) is 15.7 Å². The van der Waals surface area contributed by atoms with Gasteiger partial charge in [0.2, 0.25) is 0 Å². The van der Waals surface area contributed by atoms with Crippen molar-refractivity contribution >= 4 is 43.5 Å². The van der Waals surface area contributed by atoms with Crippen LogP contribution < -0.4 is 15.8 Å². The van der Waals surface area contributed by atoms with Gasteiger partial charge in [-0.25, -0.2) is 0 Å². The summed E-state index contributed by atoms with van der Waals surface area (Å²) in [5, 5.41) is 10.7. The largest absolute Gasteiger partial charge is 0.481 e. The lowest BCUT2D eigenvalue weighted by atomic mass is 10.3. The van der Waals surface area contributed by atoms with Crippen molar-refractivity contribution < 1.29 is 9.53 Å². The lowest BCUT2D eigenvalue weighted by Crippen LogP contribution is -2.29. The van der Waals surface area contributed by atoms with E-state index in [9.17, 15) is 4.79 Å². The van der Waals surface area contributed by atoms with Gasteiger partial charge in [-0.3, -0.25) is 4.79 Å². The lowest BCUT2D eigenvalue weighted by molar-refractivity contribution is -0.122. The van der Waals surface area contributed by atoms with Crippen molar-refractivity contribution in [1.29, 1.82) is 5.26 Å². The van der Waals surface area contributed by atoms with Crippen LogP contribution in [0.3, 0.4) is 0 Å². The highest BCUT2D eigenvalue weighted by Crippen LogP contribution is 2.35. The van der Waals surface area contributed by atoms with Crippen LogP contribution in [0.25, 0.3) is 0 Å². The summed E-state index contributed by atoms with van der Waals surface area (Å²) in [6.45, 7) is -0.199. The van der Waals surface area contributed by atoms with E-state index >= 15 is 0 Å². The minimum Gasteiger partial charge on any atom is -0.481 e. The molecule has 0 atom stereocenters. The van der Waals surface area contributed by atoms with E-state index in [1.807, 2.05) is 0 Å². The Balaban J connectivity index is 2.64. The Morgan fingerprint density at radius 1 is 1.47 bits per heavy atom.